The Balaban J connectivity index is 2.13. The quantitative estimate of drug-likeness (QED) is 0.617. The van der Waals surface area contributed by atoms with Gasteiger partial charge in [0, 0.05) is 26.4 Å². The fraction of sp³-hybridized carbons (Fsp3) is 0.214. The molecule has 0 aromatic carbocycles. The van der Waals surface area contributed by atoms with Gasteiger partial charge in [0.1, 0.15) is 5.02 Å². The van der Waals surface area contributed by atoms with Gasteiger partial charge in [-0.1, -0.05) is 11.6 Å². The highest BCUT2D eigenvalue weighted by atomic mass is 35.5. The minimum atomic E-state index is -4.51. The van der Waals surface area contributed by atoms with Crippen LogP contribution in [-0.2, 0) is 6.18 Å². The second kappa shape index (κ2) is 6.82. The molecule has 2 aromatic rings. The van der Waals surface area contributed by atoms with Gasteiger partial charge in [0.05, 0.1) is 23.8 Å². The molecule has 0 atom stereocenters. The molecule has 2 rings (SSSR count). The van der Waals surface area contributed by atoms with Gasteiger partial charge >= 0.3 is 6.18 Å². The van der Waals surface area contributed by atoms with Crippen LogP contribution in [0.2, 0.25) is 5.02 Å². The van der Waals surface area contributed by atoms with E-state index < -0.39 is 11.7 Å². The average molecular weight is 345 g/mol. The Bertz CT molecular complexity index is 702. The highest BCUT2D eigenvalue weighted by Crippen LogP contribution is 2.34. The number of aliphatic imine (C=N–C) groups is 1. The van der Waals surface area contributed by atoms with Crippen molar-refractivity contribution in [3.8, 4) is 11.8 Å². The molecule has 23 heavy (non-hydrogen) atoms. The van der Waals surface area contributed by atoms with E-state index in [0.29, 0.717) is 11.9 Å². The summed E-state index contributed by atoms with van der Waals surface area (Å²) in [7, 11) is 3.65. The molecule has 0 saturated carbocycles. The van der Waals surface area contributed by atoms with E-state index >= 15 is 0 Å². The number of aromatic nitrogens is 2. The zero-order valence-corrected chi connectivity index (χ0v) is 12.9. The van der Waals surface area contributed by atoms with Gasteiger partial charge in [-0.05, 0) is 12.1 Å². The Hall–Kier alpha value is -2.35. The lowest BCUT2D eigenvalue weighted by Crippen LogP contribution is -2.07. The van der Waals surface area contributed by atoms with Crippen molar-refractivity contribution in [1.82, 2.24) is 14.9 Å². The van der Waals surface area contributed by atoms with Crippen molar-refractivity contribution in [2.75, 3.05) is 14.1 Å². The molecule has 2 aromatic heterocycles. The van der Waals surface area contributed by atoms with E-state index in [-0.39, 0.29) is 16.8 Å². The molecular formula is C14H12ClF3N4O. The van der Waals surface area contributed by atoms with E-state index in [1.807, 2.05) is 14.1 Å². The Kier molecular flexibility index (Phi) is 5.05. The van der Waals surface area contributed by atoms with E-state index in [1.165, 1.54) is 12.3 Å². The van der Waals surface area contributed by atoms with Crippen molar-refractivity contribution in [3.05, 3.63) is 41.2 Å². The summed E-state index contributed by atoms with van der Waals surface area (Å²) in [5.41, 5.74) is -0.353. The first-order chi connectivity index (χ1) is 10.8. The molecule has 0 unspecified atom stereocenters. The number of nitrogens with zero attached hydrogens (tertiary/aromatic N) is 4. The van der Waals surface area contributed by atoms with Crippen molar-refractivity contribution < 1.29 is 17.9 Å². The third kappa shape index (κ3) is 4.82. The fourth-order valence-electron chi connectivity index (χ4n) is 1.45. The van der Waals surface area contributed by atoms with Gasteiger partial charge in [-0.3, -0.25) is 0 Å². The standard InChI is InChI=1S/C14H12ClF3N4O/c1-22(2)8-21-10-3-4-12(19-7-10)23-13-11(15)5-9(6-20-13)14(16,17)18/h3-8H,1-2H3/b21-8+. The number of ether oxygens (including phenoxy) is 1. The third-order valence-corrected chi connectivity index (χ3v) is 2.77. The van der Waals surface area contributed by atoms with Crippen LogP contribution in [0.4, 0.5) is 18.9 Å². The molecule has 0 N–H and O–H groups in total. The van der Waals surface area contributed by atoms with Crippen molar-refractivity contribution >= 4 is 23.6 Å². The van der Waals surface area contributed by atoms with Crippen molar-refractivity contribution in [3.63, 3.8) is 0 Å². The number of halogens is 4. The smallest absolute Gasteiger partial charge is 0.417 e. The molecular weight excluding hydrogens is 333 g/mol. The van der Waals surface area contributed by atoms with Crippen LogP contribution in [0.5, 0.6) is 11.8 Å². The maximum Gasteiger partial charge on any atom is 0.417 e. The molecule has 122 valence electrons. The van der Waals surface area contributed by atoms with Crippen LogP contribution in [-0.4, -0.2) is 35.3 Å². The minimum absolute atomic E-state index is 0.142. The van der Waals surface area contributed by atoms with Gasteiger partial charge in [-0.15, -0.1) is 0 Å². The van der Waals surface area contributed by atoms with Crippen molar-refractivity contribution in [2.45, 2.75) is 6.18 Å². The number of hydrogen-bond acceptors (Lipinski definition) is 4. The fourth-order valence-corrected chi connectivity index (χ4v) is 1.65. The SMILES string of the molecule is CN(C)/C=N/c1ccc(Oc2ncc(C(F)(F)F)cc2Cl)nc1. The van der Waals surface area contributed by atoms with E-state index in [2.05, 4.69) is 15.0 Å². The topological polar surface area (TPSA) is 50.6 Å². The highest BCUT2D eigenvalue weighted by molar-refractivity contribution is 6.31. The summed E-state index contributed by atoms with van der Waals surface area (Å²) in [5.74, 6) is -0.0142. The van der Waals surface area contributed by atoms with E-state index in [9.17, 15) is 13.2 Å². The molecule has 0 amide bonds. The minimum Gasteiger partial charge on any atom is -0.419 e. The van der Waals surface area contributed by atoms with Gasteiger partial charge in [0.15, 0.2) is 0 Å². The summed E-state index contributed by atoms with van der Waals surface area (Å²) in [6.45, 7) is 0. The molecule has 0 aliphatic carbocycles. The zero-order chi connectivity index (χ0) is 17.0. The van der Waals surface area contributed by atoms with E-state index in [1.54, 1.807) is 17.3 Å². The Labute approximate surface area is 135 Å². The summed E-state index contributed by atoms with van der Waals surface area (Å²) in [6, 6.07) is 3.90. The number of rotatable bonds is 4. The molecule has 0 saturated heterocycles. The maximum atomic E-state index is 12.5. The lowest BCUT2D eigenvalue weighted by molar-refractivity contribution is -0.137. The van der Waals surface area contributed by atoms with Crippen molar-refractivity contribution in [1.29, 1.82) is 0 Å². The van der Waals surface area contributed by atoms with Gasteiger partial charge < -0.3 is 9.64 Å². The van der Waals surface area contributed by atoms with Gasteiger partial charge in [0.25, 0.3) is 0 Å². The Morgan fingerprint density at radius 2 is 1.96 bits per heavy atom. The van der Waals surface area contributed by atoms with Crippen molar-refractivity contribution in [2.24, 2.45) is 4.99 Å². The van der Waals surface area contributed by atoms with Gasteiger partial charge in [-0.2, -0.15) is 13.2 Å². The molecule has 0 fully saturated rings. The molecule has 9 heteroatoms. The predicted octanol–water partition coefficient (Wildman–Crippen LogP) is 4.16. The van der Waals surface area contributed by atoms with Crippen LogP contribution in [0, 0.1) is 0 Å². The second-order valence-electron chi connectivity index (χ2n) is 4.67. The first-order valence-electron chi connectivity index (χ1n) is 6.33. The van der Waals surface area contributed by atoms with Crippen LogP contribution < -0.4 is 4.74 Å². The second-order valence-corrected chi connectivity index (χ2v) is 5.08. The summed E-state index contributed by atoms with van der Waals surface area (Å²) < 4.78 is 42.9. The number of pyridine rings is 2. The summed E-state index contributed by atoms with van der Waals surface area (Å²) in [4.78, 5) is 13.4. The predicted molar refractivity (Wildman–Crippen MR) is 80.4 cm³/mol. The Morgan fingerprint density at radius 1 is 1.22 bits per heavy atom. The normalized spacial score (nSPS) is 11.7. The largest absolute Gasteiger partial charge is 0.419 e. The summed E-state index contributed by atoms with van der Waals surface area (Å²) in [5, 5.41) is -0.253. The van der Waals surface area contributed by atoms with E-state index in [4.69, 9.17) is 16.3 Å². The Morgan fingerprint density at radius 3 is 2.48 bits per heavy atom. The lowest BCUT2D eigenvalue weighted by Gasteiger charge is -2.09. The first kappa shape index (κ1) is 17.0. The zero-order valence-electron chi connectivity index (χ0n) is 12.2. The van der Waals surface area contributed by atoms with Gasteiger partial charge in [0.2, 0.25) is 11.8 Å². The van der Waals surface area contributed by atoms with Gasteiger partial charge in [-0.25, -0.2) is 15.0 Å². The monoisotopic (exact) mass is 344 g/mol. The van der Waals surface area contributed by atoms with Crippen LogP contribution >= 0.6 is 11.6 Å². The van der Waals surface area contributed by atoms with Crippen LogP contribution in [0.1, 0.15) is 5.56 Å². The van der Waals surface area contributed by atoms with Crippen LogP contribution in [0.3, 0.4) is 0 Å². The molecule has 5 nitrogen and oxygen atoms in total. The number of alkyl halides is 3. The summed E-state index contributed by atoms with van der Waals surface area (Å²) in [6.07, 6.45) is -0.810. The molecule has 0 aliphatic heterocycles. The van der Waals surface area contributed by atoms with E-state index in [0.717, 1.165) is 6.07 Å². The molecule has 0 spiro atoms. The van der Waals surface area contributed by atoms with Crippen LogP contribution in [0.15, 0.2) is 35.6 Å². The van der Waals surface area contributed by atoms with Crippen LogP contribution in [0.25, 0.3) is 0 Å². The number of hydrogen-bond donors (Lipinski definition) is 0. The summed E-state index contributed by atoms with van der Waals surface area (Å²) >= 11 is 5.76. The molecule has 0 radical (unpaired) electrons. The molecule has 2 heterocycles. The third-order valence-electron chi connectivity index (χ3n) is 2.49. The lowest BCUT2D eigenvalue weighted by atomic mass is 10.3. The molecule has 0 bridgehead atoms. The first-order valence-corrected chi connectivity index (χ1v) is 6.71. The average Bonchev–Trinajstić information content (AvgIpc) is 2.47. The highest BCUT2D eigenvalue weighted by Gasteiger charge is 2.31. The maximum absolute atomic E-state index is 12.5. The molecule has 0 aliphatic rings.